The molecule has 6 aromatic rings. The minimum Gasteiger partial charge on any atom is -0.353 e. The smallest absolute Gasteiger partial charge is 0.224 e. The van der Waals surface area contributed by atoms with Crippen LogP contribution in [0.4, 0.5) is 10.1 Å². The average molecular weight is 492 g/mol. The number of rotatable bonds is 6. The van der Waals surface area contributed by atoms with Crippen LogP contribution in [0.15, 0.2) is 73.3 Å². The second-order valence-electron chi connectivity index (χ2n) is 8.74. The first kappa shape index (κ1) is 22.5. The van der Waals surface area contributed by atoms with Crippen LogP contribution in [0.1, 0.15) is 19.8 Å². The van der Waals surface area contributed by atoms with Gasteiger partial charge in [-0.25, -0.2) is 9.37 Å². The predicted molar refractivity (Wildman–Crippen MR) is 141 cm³/mol. The molecule has 0 bridgehead atoms. The van der Waals surface area contributed by atoms with Gasteiger partial charge in [0.1, 0.15) is 5.82 Å². The molecule has 0 fully saturated rings. The number of halogens is 1. The van der Waals surface area contributed by atoms with Crippen LogP contribution in [-0.4, -0.2) is 36.0 Å². The molecule has 0 unspecified atom stereocenters. The standard InChI is InChI=1S/C28H22FN7O/c1-2-5-25(37)33-18-10-16(13-30-15-18)17-11-21-27(35-36-28(21)32-14-17)24-12-20-23(34-24)8-9-31-26(20)19-6-3-4-7-22(19)29/h3-4,6-15,34H,2,5H2,1H3,(H,33,37)(H,32,35,36). The molecule has 5 aromatic heterocycles. The van der Waals surface area contributed by atoms with Gasteiger partial charge in [0.25, 0.3) is 0 Å². The first-order valence-electron chi connectivity index (χ1n) is 11.9. The maximum Gasteiger partial charge on any atom is 0.224 e. The fraction of sp³-hybridized carbons (Fsp3) is 0.107. The van der Waals surface area contributed by atoms with Gasteiger partial charge in [-0.3, -0.25) is 19.9 Å². The van der Waals surface area contributed by atoms with Crippen molar-refractivity contribution >= 4 is 33.5 Å². The van der Waals surface area contributed by atoms with Gasteiger partial charge in [0.15, 0.2) is 5.65 Å². The molecule has 0 aliphatic carbocycles. The molecule has 0 spiro atoms. The zero-order valence-electron chi connectivity index (χ0n) is 19.9. The summed E-state index contributed by atoms with van der Waals surface area (Å²) in [6, 6.07) is 14.3. The molecule has 182 valence electrons. The second-order valence-corrected chi connectivity index (χ2v) is 8.74. The van der Waals surface area contributed by atoms with Crippen LogP contribution >= 0.6 is 0 Å². The summed E-state index contributed by atoms with van der Waals surface area (Å²) in [7, 11) is 0. The lowest BCUT2D eigenvalue weighted by Crippen LogP contribution is -2.10. The summed E-state index contributed by atoms with van der Waals surface area (Å²) in [6.07, 6.45) is 7.97. The van der Waals surface area contributed by atoms with Crippen LogP contribution in [0.5, 0.6) is 0 Å². The summed E-state index contributed by atoms with van der Waals surface area (Å²) in [5.41, 5.74) is 6.20. The maximum atomic E-state index is 14.5. The van der Waals surface area contributed by atoms with Gasteiger partial charge < -0.3 is 10.3 Å². The summed E-state index contributed by atoms with van der Waals surface area (Å²) in [5, 5.41) is 11.9. The van der Waals surface area contributed by atoms with Crippen molar-refractivity contribution in [2.75, 3.05) is 5.32 Å². The van der Waals surface area contributed by atoms with Crippen molar-refractivity contribution in [2.45, 2.75) is 19.8 Å². The number of carbonyl (C=O) groups excluding carboxylic acids is 1. The Morgan fingerprint density at radius 1 is 1.00 bits per heavy atom. The lowest BCUT2D eigenvalue weighted by atomic mass is 10.1. The first-order chi connectivity index (χ1) is 18.1. The molecule has 8 nitrogen and oxygen atoms in total. The van der Waals surface area contributed by atoms with E-state index >= 15 is 0 Å². The number of hydrogen-bond acceptors (Lipinski definition) is 5. The molecule has 5 heterocycles. The Hall–Kier alpha value is -4.92. The molecule has 1 aromatic carbocycles. The normalized spacial score (nSPS) is 11.3. The topological polar surface area (TPSA) is 112 Å². The van der Waals surface area contributed by atoms with Gasteiger partial charge >= 0.3 is 0 Å². The molecular weight excluding hydrogens is 469 g/mol. The Morgan fingerprint density at radius 2 is 1.86 bits per heavy atom. The van der Waals surface area contributed by atoms with Crippen molar-refractivity contribution in [3.05, 3.63) is 79.1 Å². The molecule has 0 saturated carbocycles. The van der Waals surface area contributed by atoms with Gasteiger partial charge in [0.05, 0.1) is 29.0 Å². The second kappa shape index (κ2) is 9.27. The Labute approximate surface area is 211 Å². The van der Waals surface area contributed by atoms with Crippen molar-refractivity contribution in [3.8, 4) is 33.8 Å². The van der Waals surface area contributed by atoms with Crippen molar-refractivity contribution in [1.29, 1.82) is 0 Å². The van der Waals surface area contributed by atoms with E-state index in [9.17, 15) is 9.18 Å². The van der Waals surface area contributed by atoms with E-state index in [0.29, 0.717) is 29.0 Å². The third-order valence-electron chi connectivity index (χ3n) is 6.19. The number of hydrogen-bond donors (Lipinski definition) is 3. The number of benzene rings is 1. The molecule has 0 radical (unpaired) electrons. The lowest BCUT2D eigenvalue weighted by Gasteiger charge is -2.07. The Morgan fingerprint density at radius 3 is 2.73 bits per heavy atom. The van der Waals surface area contributed by atoms with Crippen molar-refractivity contribution in [3.63, 3.8) is 0 Å². The molecule has 0 aliphatic heterocycles. The van der Waals surface area contributed by atoms with Gasteiger partial charge in [0.2, 0.25) is 5.91 Å². The molecule has 3 N–H and O–H groups in total. The minimum atomic E-state index is -0.326. The van der Waals surface area contributed by atoms with Gasteiger partial charge in [0, 0.05) is 58.0 Å². The Bertz CT molecular complexity index is 1770. The highest BCUT2D eigenvalue weighted by Gasteiger charge is 2.16. The van der Waals surface area contributed by atoms with Crippen LogP contribution in [0, 0.1) is 5.82 Å². The number of H-pyrrole nitrogens is 2. The fourth-order valence-corrected chi connectivity index (χ4v) is 4.44. The Kier molecular flexibility index (Phi) is 5.65. The predicted octanol–water partition coefficient (Wildman–Crippen LogP) is 6.11. The van der Waals surface area contributed by atoms with Crippen LogP contribution < -0.4 is 5.32 Å². The van der Waals surface area contributed by atoms with E-state index in [1.165, 1.54) is 6.07 Å². The number of pyridine rings is 3. The quantitative estimate of drug-likeness (QED) is 0.260. The van der Waals surface area contributed by atoms with Crippen LogP contribution in [0.3, 0.4) is 0 Å². The average Bonchev–Trinajstić information content (AvgIpc) is 3.53. The largest absolute Gasteiger partial charge is 0.353 e. The highest BCUT2D eigenvalue weighted by atomic mass is 19.1. The number of anilines is 1. The molecule has 1 amide bonds. The van der Waals surface area contributed by atoms with Crippen molar-refractivity contribution < 1.29 is 9.18 Å². The number of carbonyl (C=O) groups is 1. The van der Waals surface area contributed by atoms with Crippen molar-refractivity contribution in [1.82, 2.24) is 30.1 Å². The summed E-state index contributed by atoms with van der Waals surface area (Å²) in [5.74, 6) is -0.372. The number of aromatic nitrogens is 6. The molecule has 9 heteroatoms. The molecule has 6 rings (SSSR count). The van der Waals surface area contributed by atoms with Crippen LogP contribution in [-0.2, 0) is 4.79 Å². The van der Waals surface area contributed by atoms with E-state index < -0.39 is 0 Å². The highest BCUT2D eigenvalue weighted by Crippen LogP contribution is 2.34. The molecule has 0 aliphatic rings. The van der Waals surface area contributed by atoms with Gasteiger partial charge in [-0.1, -0.05) is 19.1 Å². The first-order valence-corrected chi connectivity index (χ1v) is 11.9. The van der Waals surface area contributed by atoms with E-state index in [4.69, 9.17) is 0 Å². The van der Waals surface area contributed by atoms with E-state index in [1.54, 1.807) is 43.0 Å². The summed E-state index contributed by atoms with van der Waals surface area (Å²) in [4.78, 5) is 28.7. The van der Waals surface area contributed by atoms with Gasteiger partial charge in [-0.15, -0.1) is 0 Å². The molecular formula is C28H22FN7O. The number of aromatic amines is 2. The third kappa shape index (κ3) is 4.20. The lowest BCUT2D eigenvalue weighted by molar-refractivity contribution is -0.116. The zero-order valence-corrected chi connectivity index (χ0v) is 19.9. The van der Waals surface area contributed by atoms with Crippen LogP contribution in [0.2, 0.25) is 0 Å². The van der Waals surface area contributed by atoms with Gasteiger partial charge in [-0.2, -0.15) is 5.10 Å². The summed E-state index contributed by atoms with van der Waals surface area (Å²) in [6.45, 7) is 1.96. The van der Waals surface area contributed by atoms with E-state index in [-0.39, 0.29) is 11.7 Å². The Balaban J connectivity index is 1.41. The monoisotopic (exact) mass is 491 g/mol. The van der Waals surface area contributed by atoms with Gasteiger partial charge in [-0.05, 0) is 42.8 Å². The zero-order chi connectivity index (χ0) is 25.4. The van der Waals surface area contributed by atoms with E-state index in [1.807, 2.05) is 31.2 Å². The minimum absolute atomic E-state index is 0.0461. The fourth-order valence-electron chi connectivity index (χ4n) is 4.44. The van der Waals surface area contributed by atoms with Crippen molar-refractivity contribution in [2.24, 2.45) is 0 Å². The molecule has 37 heavy (non-hydrogen) atoms. The molecule has 0 saturated heterocycles. The number of nitrogens with one attached hydrogen (secondary N) is 3. The van der Waals surface area contributed by atoms with E-state index in [2.05, 4.69) is 35.5 Å². The number of fused-ring (bicyclic) bond motifs is 2. The van der Waals surface area contributed by atoms with Crippen LogP contribution in [0.25, 0.3) is 55.7 Å². The molecule has 0 atom stereocenters. The summed E-state index contributed by atoms with van der Waals surface area (Å²) < 4.78 is 14.5. The third-order valence-corrected chi connectivity index (χ3v) is 6.19. The SMILES string of the molecule is CCCC(=O)Nc1cncc(-c2cnc3n[nH]c(-c4cc5c(-c6ccccc6F)nccc5[nH]4)c3c2)c1. The number of nitrogens with zero attached hydrogens (tertiary/aromatic N) is 4. The maximum absolute atomic E-state index is 14.5. The number of amides is 1. The van der Waals surface area contributed by atoms with E-state index in [0.717, 1.165) is 45.2 Å². The summed E-state index contributed by atoms with van der Waals surface area (Å²) >= 11 is 0. The highest BCUT2D eigenvalue weighted by molar-refractivity contribution is 6.00.